The van der Waals surface area contributed by atoms with Crippen molar-refractivity contribution in [3.63, 3.8) is 0 Å². The van der Waals surface area contributed by atoms with Crippen LogP contribution >= 0.6 is 0 Å². The third-order valence-electron chi connectivity index (χ3n) is 2.91. The maximum absolute atomic E-state index is 11.7. The summed E-state index contributed by atoms with van der Waals surface area (Å²) in [6, 6.07) is 0.126. The fraction of sp³-hybridized carbons (Fsp3) is 0.600. The first kappa shape index (κ1) is 10.0. The molecule has 0 aromatic carbocycles. The van der Waals surface area contributed by atoms with Crippen molar-refractivity contribution in [2.24, 2.45) is 11.7 Å². The molecule has 3 N–H and O–H groups in total. The minimum absolute atomic E-state index is 0.0496. The number of hydrogen-bond acceptors (Lipinski definition) is 3. The summed E-state index contributed by atoms with van der Waals surface area (Å²) in [5.74, 6) is -0.606. The third kappa shape index (κ3) is 1.48. The number of primary amides is 1. The Balaban J connectivity index is 2.41. The molecular weight excluding hydrogens is 194 g/mol. The Labute approximate surface area is 88.3 Å². The van der Waals surface area contributed by atoms with Crippen LogP contribution in [0.2, 0.25) is 0 Å². The van der Waals surface area contributed by atoms with Crippen LogP contribution < -0.4 is 11.1 Å². The predicted molar refractivity (Wildman–Crippen MR) is 54.6 cm³/mol. The zero-order valence-corrected chi connectivity index (χ0v) is 8.91. The van der Waals surface area contributed by atoms with Gasteiger partial charge in [0, 0.05) is 25.0 Å². The molecule has 2 unspecified atom stereocenters. The van der Waals surface area contributed by atoms with Gasteiger partial charge in [0.2, 0.25) is 5.91 Å². The SMILES string of the molecule is CC1CN2CC(C)C(C(N)=O)=C2C(=O)N1. The maximum atomic E-state index is 11.7. The van der Waals surface area contributed by atoms with E-state index in [0.29, 0.717) is 17.8 Å². The van der Waals surface area contributed by atoms with Gasteiger partial charge < -0.3 is 16.0 Å². The van der Waals surface area contributed by atoms with Gasteiger partial charge in [0.25, 0.3) is 5.91 Å². The largest absolute Gasteiger partial charge is 0.366 e. The molecular formula is C10H15N3O2. The summed E-state index contributed by atoms with van der Waals surface area (Å²) in [6.07, 6.45) is 0. The molecule has 1 fully saturated rings. The lowest BCUT2D eigenvalue weighted by atomic mass is 10.0. The van der Waals surface area contributed by atoms with Gasteiger partial charge in [0.1, 0.15) is 5.70 Å². The Morgan fingerprint density at radius 2 is 2.13 bits per heavy atom. The highest BCUT2D eigenvalue weighted by molar-refractivity contribution is 6.05. The molecule has 0 saturated carbocycles. The molecule has 5 heteroatoms. The normalized spacial score (nSPS) is 30.3. The van der Waals surface area contributed by atoms with Crippen LogP contribution in [0.25, 0.3) is 0 Å². The summed E-state index contributed by atoms with van der Waals surface area (Å²) in [4.78, 5) is 24.9. The number of nitrogens with one attached hydrogen (secondary N) is 1. The van der Waals surface area contributed by atoms with E-state index in [9.17, 15) is 9.59 Å². The van der Waals surface area contributed by atoms with Crippen molar-refractivity contribution in [1.82, 2.24) is 10.2 Å². The van der Waals surface area contributed by atoms with Gasteiger partial charge in [-0.15, -0.1) is 0 Å². The van der Waals surface area contributed by atoms with Gasteiger partial charge in [-0.1, -0.05) is 6.92 Å². The molecule has 2 atom stereocenters. The number of nitrogens with two attached hydrogens (primary N) is 1. The molecule has 2 aliphatic rings. The number of piperazine rings is 1. The van der Waals surface area contributed by atoms with E-state index in [-0.39, 0.29) is 17.9 Å². The van der Waals surface area contributed by atoms with Crippen molar-refractivity contribution in [2.75, 3.05) is 13.1 Å². The monoisotopic (exact) mass is 209 g/mol. The topological polar surface area (TPSA) is 75.4 Å². The van der Waals surface area contributed by atoms with Crippen LogP contribution in [-0.4, -0.2) is 35.8 Å². The Kier molecular flexibility index (Phi) is 2.17. The summed E-state index contributed by atoms with van der Waals surface area (Å²) in [6.45, 7) is 5.33. The average Bonchev–Trinajstić information content (AvgIpc) is 2.40. The molecule has 1 saturated heterocycles. The third-order valence-corrected chi connectivity index (χ3v) is 2.91. The second-order valence-electron chi connectivity index (χ2n) is 4.31. The summed E-state index contributed by atoms with van der Waals surface area (Å²) < 4.78 is 0. The molecule has 0 aromatic heterocycles. The molecule has 2 heterocycles. The molecule has 2 rings (SSSR count). The highest BCUT2D eigenvalue weighted by atomic mass is 16.2. The van der Waals surface area contributed by atoms with Crippen LogP contribution in [0.1, 0.15) is 13.8 Å². The quantitative estimate of drug-likeness (QED) is 0.593. The van der Waals surface area contributed by atoms with E-state index in [2.05, 4.69) is 5.32 Å². The molecule has 0 spiro atoms. The molecule has 0 aliphatic carbocycles. The van der Waals surface area contributed by atoms with Gasteiger partial charge in [-0.05, 0) is 6.92 Å². The number of nitrogens with zero attached hydrogens (tertiary/aromatic N) is 1. The van der Waals surface area contributed by atoms with Crippen molar-refractivity contribution in [3.8, 4) is 0 Å². The molecule has 0 bridgehead atoms. The molecule has 2 amide bonds. The molecule has 2 aliphatic heterocycles. The number of fused-ring (bicyclic) bond motifs is 1. The van der Waals surface area contributed by atoms with E-state index < -0.39 is 5.91 Å². The van der Waals surface area contributed by atoms with Gasteiger partial charge in [-0.2, -0.15) is 0 Å². The second kappa shape index (κ2) is 3.25. The van der Waals surface area contributed by atoms with E-state index >= 15 is 0 Å². The number of amides is 2. The highest BCUT2D eigenvalue weighted by Crippen LogP contribution is 2.30. The minimum atomic E-state index is -0.482. The number of hydrogen-bond donors (Lipinski definition) is 2. The van der Waals surface area contributed by atoms with Gasteiger partial charge in [0.05, 0.1) is 5.57 Å². The second-order valence-corrected chi connectivity index (χ2v) is 4.31. The molecule has 15 heavy (non-hydrogen) atoms. The minimum Gasteiger partial charge on any atom is -0.366 e. The zero-order chi connectivity index (χ0) is 11.2. The van der Waals surface area contributed by atoms with E-state index in [1.54, 1.807) is 0 Å². The molecule has 82 valence electrons. The van der Waals surface area contributed by atoms with Crippen molar-refractivity contribution in [3.05, 3.63) is 11.3 Å². The summed E-state index contributed by atoms with van der Waals surface area (Å²) in [7, 11) is 0. The van der Waals surface area contributed by atoms with Crippen molar-refractivity contribution >= 4 is 11.8 Å². The van der Waals surface area contributed by atoms with Gasteiger partial charge in [-0.3, -0.25) is 9.59 Å². The molecule has 0 radical (unpaired) electrons. The van der Waals surface area contributed by atoms with Crippen LogP contribution in [0.4, 0.5) is 0 Å². The first-order valence-electron chi connectivity index (χ1n) is 5.10. The first-order chi connectivity index (χ1) is 7.00. The fourth-order valence-corrected chi connectivity index (χ4v) is 2.38. The fourth-order valence-electron chi connectivity index (χ4n) is 2.38. The van der Waals surface area contributed by atoms with E-state index in [1.165, 1.54) is 0 Å². The van der Waals surface area contributed by atoms with Gasteiger partial charge in [-0.25, -0.2) is 0 Å². The lowest BCUT2D eigenvalue weighted by Gasteiger charge is -2.31. The lowest BCUT2D eigenvalue weighted by Crippen LogP contribution is -2.50. The summed E-state index contributed by atoms with van der Waals surface area (Å²) in [5.41, 5.74) is 6.24. The van der Waals surface area contributed by atoms with Crippen LogP contribution in [0, 0.1) is 5.92 Å². The Morgan fingerprint density at radius 1 is 1.47 bits per heavy atom. The number of rotatable bonds is 1. The number of carbonyl (C=O) groups excluding carboxylic acids is 2. The highest BCUT2D eigenvalue weighted by Gasteiger charge is 2.39. The van der Waals surface area contributed by atoms with Crippen molar-refractivity contribution in [1.29, 1.82) is 0 Å². The van der Waals surface area contributed by atoms with Crippen LogP contribution in [-0.2, 0) is 9.59 Å². The van der Waals surface area contributed by atoms with E-state index in [4.69, 9.17) is 5.73 Å². The lowest BCUT2D eigenvalue weighted by molar-refractivity contribution is -0.122. The number of carbonyl (C=O) groups is 2. The van der Waals surface area contributed by atoms with Gasteiger partial charge >= 0.3 is 0 Å². The van der Waals surface area contributed by atoms with E-state index in [0.717, 1.165) is 6.54 Å². The van der Waals surface area contributed by atoms with Crippen LogP contribution in [0.15, 0.2) is 11.3 Å². The van der Waals surface area contributed by atoms with Crippen molar-refractivity contribution in [2.45, 2.75) is 19.9 Å². The Hall–Kier alpha value is -1.52. The van der Waals surface area contributed by atoms with Gasteiger partial charge in [0.15, 0.2) is 0 Å². The maximum Gasteiger partial charge on any atom is 0.268 e. The van der Waals surface area contributed by atoms with Crippen LogP contribution in [0.5, 0.6) is 0 Å². The van der Waals surface area contributed by atoms with Crippen molar-refractivity contribution < 1.29 is 9.59 Å². The molecule has 5 nitrogen and oxygen atoms in total. The van der Waals surface area contributed by atoms with Crippen LogP contribution in [0.3, 0.4) is 0 Å². The standard InChI is InChI=1S/C10H15N3O2/c1-5-3-13-4-6(2)12-10(15)8(13)7(5)9(11)14/h5-6H,3-4H2,1-2H3,(H2,11,14)(H,12,15). The zero-order valence-electron chi connectivity index (χ0n) is 8.91. The summed E-state index contributed by atoms with van der Waals surface area (Å²) >= 11 is 0. The molecule has 0 aromatic rings. The summed E-state index contributed by atoms with van der Waals surface area (Å²) in [5, 5.41) is 2.81. The predicted octanol–water partition coefficient (Wildman–Crippen LogP) is -0.804. The smallest absolute Gasteiger partial charge is 0.268 e. The average molecular weight is 209 g/mol. The van der Waals surface area contributed by atoms with E-state index in [1.807, 2.05) is 18.7 Å². The first-order valence-corrected chi connectivity index (χ1v) is 5.10. The Morgan fingerprint density at radius 3 is 2.73 bits per heavy atom. The Bertz CT molecular complexity index is 362.